The van der Waals surface area contributed by atoms with Gasteiger partial charge in [-0.1, -0.05) is 19.9 Å². The molecule has 0 saturated heterocycles. The van der Waals surface area contributed by atoms with E-state index in [0.29, 0.717) is 11.7 Å². The predicted molar refractivity (Wildman–Crippen MR) is 75.3 cm³/mol. The first-order chi connectivity index (χ1) is 8.56. The second kappa shape index (κ2) is 5.73. The van der Waals surface area contributed by atoms with Gasteiger partial charge in [0.2, 0.25) is 0 Å². The van der Waals surface area contributed by atoms with E-state index in [1.54, 1.807) is 6.07 Å². The molecule has 0 aromatic heterocycles. The normalized spacial score (nSPS) is 24.3. The second-order valence-electron chi connectivity index (χ2n) is 5.98. The first-order valence-corrected chi connectivity index (χ1v) is 7.09. The van der Waals surface area contributed by atoms with E-state index in [9.17, 15) is 4.39 Å². The highest BCUT2D eigenvalue weighted by Gasteiger charge is 2.23. The summed E-state index contributed by atoms with van der Waals surface area (Å²) in [5.41, 5.74) is 1.63. The van der Waals surface area contributed by atoms with Gasteiger partial charge in [0.15, 0.2) is 0 Å². The minimum atomic E-state index is -0.124. The van der Waals surface area contributed by atoms with Gasteiger partial charge in [0.1, 0.15) is 5.82 Å². The van der Waals surface area contributed by atoms with Crippen molar-refractivity contribution >= 4 is 5.69 Å². The minimum absolute atomic E-state index is 0.124. The van der Waals surface area contributed by atoms with Gasteiger partial charge in [0.05, 0.1) is 5.69 Å². The largest absolute Gasteiger partial charge is 0.380 e. The summed E-state index contributed by atoms with van der Waals surface area (Å²) >= 11 is 0. The summed E-state index contributed by atoms with van der Waals surface area (Å²) in [7, 11) is 0. The molecule has 2 heteroatoms. The Kier molecular flexibility index (Phi) is 4.26. The van der Waals surface area contributed by atoms with Gasteiger partial charge in [0.25, 0.3) is 0 Å². The molecule has 0 unspecified atom stereocenters. The summed E-state index contributed by atoms with van der Waals surface area (Å²) in [5, 5.41) is 3.36. The average molecular weight is 249 g/mol. The summed E-state index contributed by atoms with van der Waals surface area (Å²) in [6.45, 7) is 6.52. The van der Waals surface area contributed by atoms with Crippen LogP contribution in [-0.2, 0) is 0 Å². The monoisotopic (exact) mass is 249 g/mol. The van der Waals surface area contributed by atoms with Gasteiger partial charge in [0, 0.05) is 6.04 Å². The third-order valence-electron chi connectivity index (χ3n) is 4.20. The van der Waals surface area contributed by atoms with Crippen LogP contribution in [0.1, 0.15) is 45.1 Å². The van der Waals surface area contributed by atoms with Crippen LogP contribution < -0.4 is 5.32 Å². The summed E-state index contributed by atoms with van der Waals surface area (Å²) in [6, 6.07) is 5.86. The Morgan fingerprint density at radius 3 is 2.39 bits per heavy atom. The first kappa shape index (κ1) is 13.4. The Labute approximate surface area is 110 Å². The lowest BCUT2D eigenvalue weighted by Gasteiger charge is -2.32. The highest BCUT2D eigenvalue weighted by molar-refractivity contribution is 5.47. The molecule has 1 fully saturated rings. The van der Waals surface area contributed by atoms with Gasteiger partial charge in [-0.3, -0.25) is 0 Å². The van der Waals surface area contributed by atoms with Gasteiger partial charge >= 0.3 is 0 Å². The Morgan fingerprint density at radius 1 is 1.17 bits per heavy atom. The molecule has 1 aliphatic rings. The minimum Gasteiger partial charge on any atom is -0.380 e. The van der Waals surface area contributed by atoms with Crippen molar-refractivity contribution in [1.29, 1.82) is 0 Å². The van der Waals surface area contributed by atoms with Gasteiger partial charge in [-0.15, -0.1) is 0 Å². The molecule has 18 heavy (non-hydrogen) atoms. The molecule has 1 aromatic rings. The molecule has 0 radical (unpaired) electrons. The molecule has 0 atom stereocenters. The topological polar surface area (TPSA) is 12.0 Å². The first-order valence-electron chi connectivity index (χ1n) is 7.09. The molecule has 1 aliphatic carbocycles. The van der Waals surface area contributed by atoms with Crippen LogP contribution >= 0.6 is 0 Å². The smallest absolute Gasteiger partial charge is 0.146 e. The van der Waals surface area contributed by atoms with Crippen molar-refractivity contribution in [1.82, 2.24) is 0 Å². The van der Waals surface area contributed by atoms with E-state index in [4.69, 9.17) is 0 Å². The van der Waals surface area contributed by atoms with Crippen LogP contribution in [0.4, 0.5) is 10.1 Å². The van der Waals surface area contributed by atoms with Crippen molar-refractivity contribution in [3.05, 3.63) is 29.6 Å². The van der Waals surface area contributed by atoms with Crippen LogP contribution in [0.3, 0.4) is 0 Å². The van der Waals surface area contributed by atoms with E-state index in [2.05, 4.69) is 19.2 Å². The van der Waals surface area contributed by atoms with Gasteiger partial charge in [-0.25, -0.2) is 4.39 Å². The highest BCUT2D eigenvalue weighted by Crippen LogP contribution is 2.31. The average Bonchev–Trinajstić information content (AvgIpc) is 2.33. The van der Waals surface area contributed by atoms with Crippen molar-refractivity contribution in [3.63, 3.8) is 0 Å². The van der Waals surface area contributed by atoms with E-state index >= 15 is 0 Å². The Morgan fingerprint density at radius 2 is 1.83 bits per heavy atom. The van der Waals surface area contributed by atoms with Gasteiger partial charge < -0.3 is 5.32 Å². The number of nitrogens with one attached hydrogen (secondary N) is 1. The van der Waals surface area contributed by atoms with Crippen molar-refractivity contribution in [2.45, 2.75) is 52.5 Å². The van der Waals surface area contributed by atoms with Crippen molar-refractivity contribution in [3.8, 4) is 0 Å². The van der Waals surface area contributed by atoms with Crippen molar-refractivity contribution in [2.24, 2.45) is 11.8 Å². The fourth-order valence-corrected chi connectivity index (χ4v) is 2.89. The second-order valence-corrected chi connectivity index (χ2v) is 5.98. The lowest BCUT2D eigenvalue weighted by atomic mass is 9.79. The van der Waals surface area contributed by atoms with Crippen LogP contribution in [0.5, 0.6) is 0 Å². The maximum absolute atomic E-state index is 13.7. The highest BCUT2D eigenvalue weighted by atomic mass is 19.1. The lowest BCUT2D eigenvalue weighted by Crippen LogP contribution is -2.28. The Balaban J connectivity index is 1.91. The van der Waals surface area contributed by atoms with Gasteiger partial charge in [-0.2, -0.15) is 0 Å². The number of hydrogen-bond acceptors (Lipinski definition) is 1. The number of benzene rings is 1. The van der Waals surface area contributed by atoms with E-state index in [0.717, 1.165) is 30.2 Å². The van der Waals surface area contributed by atoms with Crippen molar-refractivity contribution in [2.75, 3.05) is 5.32 Å². The maximum atomic E-state index is 13.7. The lowest BCUT2D eigenvalue weighted by molar-refractivity contribution is 0.266. The summed E-state index contributed by atoms with van der Waals surface area (Å²) < 4.78 is 13.7. The Hall–Kier alpha value is -1.05. The third kappa shape index (κ3) is 3.24. The predicted octanol–water partition coefficient (Wildman–Crippen LogP) is 4.76. The van der Waals surface area contributed by atoms with Crippen LogP contribution in [0.15, 0.2) is 18.2 Å². The van der Waals surface area contributed by atoms with Crippen LogP contribution in [0.25, 0.3) is 0 Å². The molecular formula is C16H24FN. The van der Waals surface area contributed by atoms with E-state index in [1.807, 2.05) is 19.1 Å². The third-order valence-corrected chi connectivity index (χ3v) is 4.20. The number of hydrogen-bond donors (Lipinski definition) is 1. The molecule has 1 saturated carbocycles. The number of halogens is 1. The number of aryl methyl sites for hydroxylation is 1. The van der Waals surface area contributed by atoms with Crippen molar-refractivity contribution < 1.29 is 4.39 Å². The summed E-state index contributed by atoms with van der Waals surface area (Å²) in [5.74, 6) is 1.51. The zero-order chi connectivity index (χ0) is 13.1. The molecule has 1 nitrogen and oxygen atoms in total. The van der Waals surface area contributed by atoms with Crippen LogP contribution in [0, 0.1) is 24.6 Å². The summed E-state index contributed by atoms with van der Waals surface area (Å²) in [6.07, 6.45) is 4.86. The zero-order valence-electron chi connectivity index (χ0n) is 11.7. The van der Waals surface area contributed by atoms with E-state index in [-0.39, 0.29) is 5.82 Å². The molecule has 0 spiro atoms. The number of anilines is 1. The number of rotatable bonds is 3. The van der Waals surface area contributed by atoms with E-state index < -0.39 is 0 Å². The quantitative estimate of drug-likeness (QED) is 0.814. The summed E-state index contributed by atoms with van der Waals surface area (Å²) in [4.78, 5) is 0. The molecule has 2 rings (SSSR count). The molecule has 0 heterocycles. The zero-order valence-corrected chi connectivity index (χ0v) is 11.7. The molecule has 0 aliphatic heterocycles. The van der Waals surface area contributed by atoms with Gasteiger partial charge in [-0.05, 0) is 62.1 Å². The fourth-order valence-electron chi connectivity index (χ4n) is 2.89. The molecular weight excluding hydrogens is 225 g/mol. The molecule has 1 aromatic carbocycles. The molecule has 100 valence electrons. The molecule has 0 amide bonds. The Bertz CT molecular complexity index is 392. The van der Waals surface area contributed by atoms with E-state index in [1.165, 1.54) is 12.8 Å². The fraction of sp³-hybridized carbons (Fsp3) is 0.625. The van der Waals surface area contributed by atoms with Crippen LogP contribution in [-0.4, -0.2) is 6.04 Å². The molecule has 0 bridgehead atoms. The van der Waals surface area contributed by atoms with Crippen LogP contribution in [0.2, 0.25) is 0 Å². The SMILES string of the molecule is Cc1ccc(NC2CCC(C(C)C)CC2)c(F)c1. The maximum Gasteiger partial charge on any atom is 0.146 e. The molecule has 1 N–H and O–H groups in total. The standard InChI is InChI=1S/C16H24FN/c1-11(2)13-5-7-14(8-6-13)18-16-9-4-12(3)10-15(16)17/h4,9-11,13-14,18H,5-8H2,1-3H3.